The van der Waals surface area contributed by atoms with Crippen LogP contribution in [0.15, 0.2) is 48.5 Å². The molecule has 1 heterocycles. The van der Waals surface area contributed by atoms with E-state index in [9.17, 15) is 9.59 Å². The number of fused-ring (bicyclic) bond motifs is 4. The first kappa shape index (κ1) is 15.0. The van der Waals surface area contributed by atoms with E-state index in [-0.39, 0.29) is 11.6 Å². The maximum absolute atomic E-state index is 13.2. The predicted molar refractivity (Wildman–Crippen MR) is 97.7 cm³/mol. The topological polar surface area (TPSA) is 56.3 Å². The van der Waals surface area contributed by atoms with E-state index in [1.165, 1.54) is 0 Å². The van der Waals surface area contributed by atoms with Gasteiger partial charge >= 0.3 is 0 Å². The summed E-state index contributed by atoms with van der Waals surface area (Å²) in [5.41, 5.74) is 5.62. The van der Waals surface area contributed by atoms with Gasteiger partial charge in [0.25, 0.3) is 0 Å². The van der Waals surface area contributed by atoms with Crippen molar-refractivity contribution in [3.8, 4) is 28.1 Å². The highest BCUT2D eigenvalue weighted by molar-refractivity contribution is 6.26. The maximum atomic E-state index is 13.2. The molecule has 0 aliphatic heterocycles. The van der Waals surface area contributed by atoms with Crippen molar-refractivity contribution in [2.75, 3.05) is 7.11 Å². The number of rotatable bonds is 2. The highest BCUT2D eigenvalue weighted by atomic mass is 16.5. The standard InChI is InChI=1S/C22H15NO3/c1-26-13-6-4-5-12(11-13)18-19-16(9-10-17(19)24)23-21-14-7-2-3-8-15(14)22(25)20(18)21/h2-8,11H,9-10H2,1H3. The van der Waals surface area contributed by atoms with Gasteiger partial charge in [0.15, 0.2) is 11.6 Å². The molecule has 5 rings (SSSR count). The Morgan fingerprint density at radius 1 is 0.885 bits per heavy atom. The van der Waals surface area contributed by atoms with Crippen LogP contribution < -0.4 is 4.74 Å². The summed E-state index contributed by atoms with van der Waals surface area (Å²) in [6.45, 7) is 0. The lowest BCUT2D eigenvalue weighted by molar-refractivity contribution is 0.0995. The number of Topliss-reactive ketones (excluding diaryl/α,β-unsaturated/α-hetero) is 1. The second kappa shape index (κ2) is 5.36. The van der Waals surface area contributed by atoms with Gasteiger partial charge in [-0.2, -0.15) is 0 Å². The average Bonchev–Trinajstić information content (AvgIpc) is 3.19. The van der Waals surface area contributed by atoms with E-state index in [0.717, 1.165) is 16.8 Å². The van der Waals surface area contributed by atoms with Gasteiger partial charge in [-0.05, 0) is 24.1 Å². The highest BCUT2D eigenvalue weighted by Crippen LogP contribution is 2.45. The van der Waals surface area contributed by atoms with E-state index in [1.807, 2.05) is 48.5 Å². The van der Waals surface area contributed by atoms with Crippen LogP contribution in [0.2, 0.25) is 0 Å². The molecule has 0 atom stereocenters. The molecule has 0 fully saturated rings. The zero-order chi connectivity index (χ0) is 17.8. The summed E-state index contributed by atoms with van der Waals surface area (Å²) in [5, 5.41) is 0. The number of aryl methyl sites for hydroxylation is 1. The number of aromatic nitrogens is 1. The molecular formula is C22H15NO3. The van der Waals surface area contributed by atoms with Crippen molar-refractivity contribution in [1.29, 1.82) is 0 Å². The van der Waals surface area contributed by atoms with Crippen molar-refractivity contribution in [2.45, 2.75) is 12.8 Å². The molecule has 3 aromatic rings. The van der Waals surface area contributed by atoms with E-state index in [0.29, 0.717) is 46.5 Å². The molecule has 0 unspecified atom stereocenters. The van der Waals surface area contributed by atoms with E-state index >= 15 is 0 Å². The highest BCUT2D eigenvalue weighted by Gasteiger charge is 2.37. The van der Waals surface area contributed by atoms with Crippen LogP contribution >= 0.6 is 0 Å². The molecule has 2 aliphatic rings. The third-order valence-corrected chi connectivity index (χ3v) is 5.15. The fourth-order valence-corrected chi connectivity index (χ4v) is 3.98. The van der Waals surface area contributed by atoms with Crippen molar-refractivity contribution in [2.24, 2.45) is 0 Å². The molecule has 0 saturated heterocycles. The normalized spacial score (nSPS) is 14.2. The number of pyridine rings is 1. The Hall–Kier alpha value is -3.27. The molecule has 0 spiro atoms. The van der Waals surface area contributed by atoms with E-state index in [2.05, 4.69) is 0 Å². The lowest BCUT2D eigenvalue weighted by atomic mass is 9.92. The van der Waals surface area contributed by atoms with Gasteiger partial charge in [0, 0.05) is 28.7 Å². The molecule has 4 heteroatoms. The predicted octanol–water partition coefficient (Wildman–Crippen LogP) is 4.10. The summed E-state index contributed by atoms with van der Waals surface area (Å²) in [7, 11) is 1.60. The molecule has 0 amide bonds. The van der Waals surface area contributed by atoms with Crippen LogP contribution in [0.5, 0.6) is 5.75 Å². The van der Waals surface area contributed by atoms with Gasteiger partial charge in [0.1, 0.15) is 5.75 Å². The first-order valence-electron chi connectivity index (χ1n) is 8.57. The van der Waals surface area contributed by atoms with Crippen LogP contribution in [0.4, 0.5) is 0 Å². The molecule has 0 bridgehead atoms. The first-order chi connectivity index (χ1) is 12.7. The van der Waals surface area contributed by atoms with Gasteiger partial charge in [-0.25, -0.2) is 0 Å². The number of hydrogen-bond acceptors (Lipinski definition) is 4. The van der Waals surface area contributed by atoms with Crippen molar-refractivity contribution < 1.29 is 14.3 Å². The maximum Gasteiger partial charge on any atom is 0.196 e. The number of ether oxygens (including phenoxy) is 1. The minimum absolute atomic E-state index is 0.0527. The Morgan fingerprint density at radius 3 is 2.50 bits per heavy atom. The minimum atomic E-state index is -0.0663. The SMILES string of the molecule is COc1cccc(-c2c3c(nc4c2C(=O)c2ccccc2-4)CCC3=O)c1. The Bertz CT molecular complexity index is 1110. The largest absolute Gasteiger partial charge is 0.497 e. The monoisotopic (exact) mass is 341 g/mol. The van der Waals surface area contributed by atoms with Gasteiger partial charge in [0.05, 0.1) is 24.1 Å². The molecule has 0 N–H and O–H groups in total. The van der Waals surface area contributed by atoms with Gasteiger partial charge in [-0.15, -0.1) is 0 Å². The number of carbonyl (C=O) groups excluding carboxylic acids is 2. The molecule has 2 aliphatic carbocycles. The van der Waals surface area contributed by atoms with Crippen LogP contribution in [-0.2, 0) is 6.42 Å². The molecule has 0 radical (unpaired) electrons. The van der Waals surface area contributed by atoms with Crippen LogP contribution in [0.3, 0.4) is 0 Å². The van der Waals surface area contributed by atoms with Crippen molar-refractivity contribution in [1.82, 2.24) is 4.98 Å². The zero-order valence-electron chi connectivity index (χ0n) is 14.2. The van der Waals surface area contributed by atoms with Crippen LogP contribution in [0.25, 0.3) is 22.4 Å². The third-order valence-electron chi connectivity index (χ3n) is 5.15. The smallest absolute Gasteiger partial charge is 0.196 e. The minimum Gasteiger partial charge on any atom is -0.497 e. The summed E-state index contributed by atoms with van der Waals surface area (Å²) in [5.74, 6) is 0.676. The fraction of sp³-hybridized carbons (Fsp3) is 0.136. The van der Waals surface area contributed by atoms with E-state index in [1.54, 1.807) is 7.11 Å². The zero-order valence-corrected chi connectivity index (χ0v) is 14.2. The lowest BCUT2D eigenvalue weighted by Crippen LogP contribution is -2.06. The number of nitrogens with zero attached hydrogens (tertiary/aromatic N) is 1. The molecule has 0 saturated carbocycles. The van der Waals surface area contributed by atoms with Gasteiger partial charge < -0.3 is 4.74 Å². The third kappa shape index (κ3) is 1.93. The first-order valence-corrected chi connectivity index (χ1v) is 8.57. The molecule has 1 aromatic heterocycles. The fourth-order valence-electron chi connectivity index (χ4n) is 3.98. The Kier molecular flexibility index (Phi) is 3.10. The lowest BCUT2D eigenvalue weighted by Gasteiger charge is -2.14. The summed E-state index contributed by atoms with van der Waals surface area (Å²) in [6, 6.07) is 15.0. The number of benzene rings is 2. The second-order valence-electron chi connectivity index (χ2n) is 6.56. The Labute approximate surface area is 150 Å². The number of hydrogen-bond donors (Lipinski definition) is 0. The molecule has 26 heavy (non-hydrogen) atoms. The van der Waals surface area contributed by atoms with E-state index in [4.69, 9.17) is 9.72 Å². The van der Waals surface area contributed by atoms with Crippen molar-refractivity contribution in [3.63, 3.8) is 0 Å². The van der Waals surface area contributed by atoms with Crippen LogP contribution in [0.1, 0.15) is 38.4 Å². The number of methoxy groups -OCH3 is 1. The summed E-state index contributed by atoms with van der Waals surface area (Å²) >= 11 is 0. The van der Waals surface area contributed by atoms with Crippen LogP contribution in [-0.4, -0.2) is 23.7 Å². The summed E-state index contributed by atoms with van der Waals surface area (Å²) in [4.78, 5) is 30.5. The number of carbonyl (C=O) groups is 2. The average molecular weight is 341 g/mol. The van der Waals surface area contributed by atoms with Crippen molar-refractivity contribution in [3.05, 3.63) is 70.9 Å². The molecular weight excluding hydrogens is 326 g/mol. The van der Waals surface area contributed by atoms with Crippen molar-refractivity contribution >= 4 is 11.6 Å². The van der Waals surface area contributed by atoms with E-state index < -0.39 is 0 Å². The molecule has 126 valence electrons. The Morgan fingerprint density at radius 2 is 1.69 bits per heavy atom. The second-order valence-corrected chi connectivity index (χ2v) is 6.56. The quantitative estimate of drug-likeness (QED) is 0.551. The van der Waals surface area contributed by atoms with Gasteiger partial charge in [-0.3, -0.25) is 14.6 Å². The van der Waals surface area contributed by atoms with Gasteiger partial charge in [-0.1, -0.05) is 36.4 Å². The summed E-state index contributed by atoms with van der Waals surface area (Å²) in [6.07, 6.45) is 1.06. The molecule has 4 nitrogen and oxygen atoms in total. The Balaban J connectivity index is 1.89. The molecule has 2 aromatic carbocycles. The summed E-state index contributed by atoms with van der Waals surface area (Å²) < 4.78 is 5.35. The number of ketones is 2. The van der Waals surface area contributed by atoms with Crippen LogP contribution in [0, 0.1) is 0 Å². The van der Waals surface area contributed by atoms with Gasteiger partial charge in [0.2, 0.25) is 0 Å².